The van der Waals surface area contributed by atoms with Crippen LogP contribution in [-0.2, 0) is 16.7 Å². The number of nitrogens with two attached hydrogens (primary N) is 1. The number of azo groups is 1. The molecular formula is C16H20N4O5S. The summed E-state index contributed by atoms with van der Waals surface area (Å²) in [5, 5.41) is 18.0. The Morgan fingerprint density at radius 3 is 2.38 bits per heavy atom. The van der Waals surface area contributed by atoms with Crippen LogP contribution in [0.4, 0.5) is 17.1 Å². The van der Waals surface area contributed by atoms with E-state index in [0.717, 1.165) is 6.07 Å². The van der Waals surface area contributed by atoms with Crippen LogP contribution in [0.15, 0.2) is 38.1 Å². The number of aromatic hydroxyl groups is 1. The molecule has 0 saturated heterocycles. The molecule has 0 amide bonds. The number of benzene rings is 1. The molecule has 140 valence electrons. The molecule has 0 spiro atoms. The second kappa shape index (κ2) is 7.26. The van der Waals surface area contributed by atoms with Crippen LogP contribution in [0.5, 0.6) is 5.88 Å². The van der Waals surface area contributed by atoms with Gasteiger partial charge in [-0.05, 0) is 44.0 Å². The third kappa shape index (κ3) is 3.75. The first kappa shape index (κ1) is 19.6. The van der Waals surface area contributed by atoms with Gasteiger partial charge in [0.2, 0.25) is 0 Å². The molecule has 0 fully saturated rings. The smallest absolute Gasteiger partial charge is 0.296 e. The van der Waals surface area contributed by atoms with Gasteiger partial charge in [-0.3, -0.25) is 13.9 Å². The Kier molecular flexibility index (Phi) is 5.47. The van der Waals surface area contributed by atoms with Crippen molar-refractivity contribution in [3.05, 3.63) is 39.7 Å². The van der Waals surface area contributed by atoms with E-state index in [4.69, 9.17) is 10.3 Å². The number of aromatic nitrogens is 1. The molecule has 1 aromatic carbocycles. The highest BCUT2D eigenvalue weighted by atomic mass is 32.2. The average Bonchev–Trinajstić information content (AvgIpc) is 2.56. The summed E-state index contributed by atoms with van der Waals surface area (Å²) in [6.45, 7) is 5.54. The highest BCUT2D eigenvalue weighted by Crippen LogP contribution is 2.28. The number of nitrogens with zero attached hydrogens (tertiary/aromatic N) is 3. The van der Waals surface area contributed by atoms with Crippen molar-refractivity contribution < 1.29 is 18.1 Å². The Labute approximate surface area is 150 Å². The fourth-order valence-electron chi connectivity index (χ4n) is 2.42. The molecule has 26 heavy (non-hydrogen) atoms. The second-order valence-electron chi connectivity index (χ2n) is 5.78. The van der Waals surface area contributed by atoms with Crippen molar-refractivity contribution in [2.45, 2.75) is 38.6 Å². The van der Waals surface area contributed by atoms with Crippen molar-refractivity contribution in [1.82, 2.24) is 4.57 Å². The normalized spacial score (nSPS) is 12.0. The van der Waals surface area contributed by atoms with Gasteiger partial charge in [0, 0.05) is 12.1 Å². The fraction of sp³-hybridized carbons (Fsp3) is 0.312. The summed E-state index contributed by atoms with van der Waals surface area (Å²) in [5.74, 6) is -0.102. The van der Waals surface area contributed by atoms with Crippen molar-refractivity contribution >= 4 is 27.2 Å². The molecule has 0 unspecified atom stereocenters. The van der Waals surface area contributed by atoms with Gasteiger partial charge in [0.05, 0.1) is 11.4 Å². The SMILES string of the molecule is CCCn1c(O)c(C)c(C)c(N=Nc2ccc(S(=O)(=O)O)c(N)c2)c1=O. The predicted molar refractivity (Wildman–Crippen MR) is 97.0 cm³/mol. The maximum atomic E-state index is 12.5. The van der Waals surface area contributed by atoms with Gasteiger partial charge < -0.3 is 10.8 Å². The zero-order valence-electron chi connectivity index (χ0n) is 14.6. The van der Waals surface area contributed by atoms with Crippen LogP contribution >= 0.6 is 0 Å². The standard InChI is InChI=1S/C16H20N4O5S/c1-4-7-20-15(21)10(3)9(2)14(16(20)22)19-18-11-5-6-13(12(17)8-11)26(23,24)25/h5-6,8,21H,4,7,17H2,1-3H3,(H,23,24,25). The van der Waals surface area contributed by atoms with Gasteiger partial charge in [0.25, 0.3) is 15.7 Å². The monoisotopic (exact) mass is 380 g/mol. The molecule has 1 heterocycles. The number of nitrogen functional groups attached to an aromatic ring is 1. The molecule has 2 aromatic rings. The van der Waals surface area contributed by atoms with E-state index in [-0.39, 0.29) is 22.9 Å². The maximum absolute atomic E-state index is 12.5. The molecule has 1 aromatic heterocycles. The quantitative estimate of drug-likeness (QED) is 0.413. The van der Waals surface area contributed by atoms with Crippen molar-refractivity contribution in [3.63, 3.8) is 0 Å². The molecule has 0 aliphatic heterocycles. The first-order valence-electron chi connectivity index (χ1n) is 7.79. The molecule has 4 N–H and O–H groups in total. The van der Waals surface area contributed by atoms with Crippen molar-refractivity contribution in [2.24, 2.45) is 10.2 Å². The maximum Gasteiger partial charge on any atom is 0.296 e. The largest absolute Gasteiger partial charge is 0.494 e. The summed E-state index contributed by atoms with van der Waals surface area (Å²) in [6.07, 6.45) is 0.653. The van der Waals surface area contributed by atoms with E-state index in [1.54, 1.807) is 13.8 Å². The Hall–Kier alpha value is -2.72. The molecule has 0 saturated carbocycles. The van der Waals surface area contributed by atoms with Gasteiger partial charge >= 0.3 is 0 Å². The molecule has 9 nitrogen and oxygen atoms in total. The summed E-state index contributed by atoms with van der Waals surface area (Å²) < 4.78 is 32.6. The second-order valence-corrected chi connectivity index (χ2v) is 7.17. The third-order valence-electron chi connectivity index (χ3n) is 3.94. The Balaban J connectivity index is 2.52. The minimum Gasteiger partial charge on any atom is -0.494 e. The first-order chi connectivity index (χ1) is 12.1. The van der Waals surface area contributed by atoms with Crippen LogP contribution < -0.4 is 11.3 Å². The van der Waals surface area contributed by atoms with Crippen molar-refractivity contribution in [3.8, 4) is 5.88 Å². The van der Waals surface area contributed by atoms with E-state index >= 15 is 0 Å². The predicted octanol–water partition coefficient (Wildman–Crippen LogP) is 2.83. The lowest BCUT2D eigenvalue weighted by atomic mass is 10.1. The highest BCUT2D eigenvalue weighted by molar-refractivity contribution is 7.86. The molecule has 0 radical (unpaired) electrons. The number of anilines is 1. The van der Waals surface area contributed by atoms with Gasteiger partial charge in [-0.15, -0.1) is 5.11 Å². The van der Waals surface area contributed by atoms with E-state index in [9.17, 15) is 18.3 Å². The fourth-order valence-corrected chi connectivity index (χ4v) is 3.02. The topological polar surface area (TPSA) is 147 Å². The van der Waals surface area contributed by atoms with Gasteiger partial charge in [0.15, 0.2) is 11.6 Å². The van der Waals surface area contributed by atoms with Crippen LogP contribution in [0.2, 0.25) is 0 Å². The van der Waals surface area contributed by atoms with Crippen LogP contribution in [0, 0.1) is 13.8 Å². The third-order valence-corrected chi connectivity index (χ3v) is 4.87. The Morgan fingerprint density at radius 2 is 1.85 bits per heavy atom. The van der Waals surface area contributed by atoms with E-state index in [0.29, 0.717) is 24.1 Å². The van der Waals surface area contributed by atoms with Gasteiger partial charge in [-0.1, -0.05) is 6.92 Å². The van der Waals surface area contributed by atoms with Crippen LogP contribution in [0.3, 0.4) is 0 Å². The average molecular weight is 380 g/mol. The van der Waals surface area contributed by atoms with Crippen LogP contribution in [0.1, 0.15) is 24.5 Å². The van der Waals surface area contributed by atoms with Crippen LogP contribution in [0.25, 0.3) is 0 Å². The van der Waals surface area contributed by atoms with Gasteiger partial charge in [-0.25, -0.2) is 0 Å². The molecule has 0 bridgehead atoms. The van der Waals surface area contributed by atoms with E-state index in [2.05, 4.69) is 10.2 Å². The van der Waals surface area contributed by atoms with E-state index in [1.165, 1.54) is 16.7 Å². The lowest BCUT2D eigenvalue weighted by Crippen LogP contribution is -2.21. The van der Waals surface area contributed by atoms with Gasteiger partial charge in [0.1, 0.15) is 4.90 Å². The molecule has 2 rings (SSSR count). The van der Waals surface area contributed by atoms with Crippen LogP contribution in [-0.4, -0.2) is 22.6 Å². The van der Waals surface area contributed by atoms with Crippen molar-refractivity contribution in [2.75, 3.05) is 5.73 Å². The molecular weight excluding hydrogens is 360 g/mol. The summed E-state index contributed by atoms with van der Waals surface area (Å²) in [5.41, 5.74) is 6.24. The van der Waals surface area contributed by atoms with Crippen molar-refractivity contribution in [1.29, 1.82) is 0 Å². The summed E-state index contributed by atoms with van der Waals surface area (Å²) in [6, 6.07) is 3.62. The zero-order valence-corrected chi connectivity index (χ0v) is 15.4. The summed E-state index contributed by atoms with van der Waals surface area (Å²) in [4.78, 5) is 12.1. The highest BCUT2D eigenvalue weighted by Gasteiger charge is 2.16. The number of rotatable bonds is 5. The zero-order chi connectivity index (χ0) is 19.6. The van der Waals surface area contributed by atoms with Gasteiger partial charge in [-0.2, -0.15) is 13.5 Å². The summed E-state index contributed by atoms with van der Waals surface area (Å²) >= 11 is 0. The lowest BCUT2D eigenvalue weighted by molar-refractivity contribution is 0.400. The lowest BCUT2D eigenvalue weighted by Gasteiger charge is -2.13. The molecule has 10 heteroatoms. The summed E-state index contributed by atoms with van der Waals surface area (Å²) in [7, 11) is -4.43. The Bertz CT molecular complexity index is 1040. The van der Waals surface area contributed by atoms with E-state index < -0.39 is 20.6 Å². The first-order valence-corrected chi connectivity index (χ1v) is 9.23. The Morgan fingerprint density at radius 1 is 1.19 bits per heavy atom. The molecule has 0 aliphatic rings. The minimum atomic E-state index is -4.43. The molecule has 0 aliphatic carbocycles. The molecule has 0 atom stereocenters. The number of pyridine rings is 1. The number of hydrogen-bond donors (Lipinski definition) is 3. The van der Waals surface area contributed by atoms with E-state index in [1.807, 2.05) is 6.92 Å². The minimum absolute atomic E-state index is 0.0752. The number of hydrogen-bond acceptors (Lipinski definition) is 7.